The SMILES string of the molecule is CC(C)CCCCCCNC(=O)CNCC(F)(F)F. The Morgan fingerprint density at radius 2 is 1.74 bits per heavy atom. The molecule has 0 spiro atoms. The Kier molecular flexibility index (Phi) is 9.65. The Bertz CT molecular complexity index is 243. The van der Waals surface area contributed by atoms with Crippen molar-refractivity contribution in [3.05, 3.63) is 0 Å². The summed E-state index contributed by atoms with van der Waals surface area (Å²) in [6.45, 7) is 3.50. The van der Waals surface area contributed by atoms with Crippen LogP contribution in [-0.4, -0.2) is 31.7 Å². The second-order valence-corrected chi connectivity index (χ2v) is 5.17. The zero-order valence-corrected chi connectivity index (χ0v) is 11.8. The largest absolute Gasteiger partial charge is 0.401 e. The Morgan fingerprint density at radius 3 is 2.32 bits per heavy atom. The molecule has 0 heterocycles. The number of halogens is 3. The van der Waals surface area contributed by atoms with E-state index in [-0.39, 0.29) is 12.5 Å². The van der Waals surface area contributed by atoms with Crippen molar-refractivity contribution >= 4 is 5.91 Å². The Labute approximate surface area is 113 Å². The summed E-state index contributed by atoms with van der Waals surface area (Å²) in [6.07, 6.45) is 1.20. The van der Waals surface area contributed by atoms with Crippen LogP contribution in [0.1, 0.15) is 46.0 Å². The number of alkyl halides is 3. The summed E-state index contributed by atoms with van der Waals surface area (Å²) in [5.74, 6) is 0.339. The topological polar surface area (TPSA) is 41.1 Å². The van der Waals surface area contributed by atoms with Gasteiger partial charge in [0.25, 0.3) is 0 Å². The maximum atomic E-state index is 11.8. The molecule has 0 aromatic heterocycles. The third-order valence-corrected chi connectivity index (χ3v) is 2.64. The van der Waals surface area contributed by atoms with Crippen molar-refractivity contribution in [1.29, 1.82) is 0 Å². The van der Waals surface area contributed by atoms with Gasteiger partial charge in [0.05, 0.1) is 13.1 Å². The van der Waals surface area contributed by atoms with Crippen LogP contribution in [0, 0.1) is 5.92 Å². The molecule has 0 atom stereocenters. The van der Waals surface area contributed by atoms with Gasteiger partial charge >= 0.3 is 6.18 Å². The maximum Gasteiger partial charge on any atom is 0.401 e. The van der Waals surface area contributed by atoms with Crippen LogP contribution in [0.2, 0.25) is 0 Å². The fourth-order valence-electron chi connectivity index (χ4n) is 1.64. The van der Waals surface area contributed by atoms with E-state index in [1.165, 1.54) is 12.8 Å². The van der Waals surface area contributed by atoms with Gasteiger partial charge in [0, 0.05) is 6.54 Å². The highest BCUT2D eigenvalue weighted by molar-refractivity contribution is 5.77. The lowest BCUT2D eigenvalue weighted by atomic mass is 10.0. The van der Waals surface area contributed by atoms with Gasteiger partial charge in [0.2, 0.25) is 5.91 Å². The molecule has 0 radical (unpaired) electrons. The number of hydrogen-bond acceptors (Lipinski definition) is 2. The molecule has 0 saturated heterocycles. The van der Waals surface area contributed by atoms with Crippen LogP contribution in [0.5, 0.6) is 0 Å². The van der Waals surface area contributed by atoms with E-state index in [2.05, 4.69) is 24.5 Å². The van der Waals surface area contributed by atoms with E-state index in [4.69, 9.17) is 0 Å². The highest BCUT2D eigenvalue weighted by atomic mass is 19.4. The Morgan fingerprint density at radius 1 is 1.11 bits per heavy atom. The van der Waals surface area contributed by atoms with E-state index < -0.39 is 12.7 Å². The van der Waals surface area contributed by atoms with Crippen molar-refractivity contribution < 1.29 is 18.0 Å². The van der Waals surface area contributed by atoms with Crippen molar-refractivity contribution in [2.24, 2.45) is 5.92 Å². The number of unbranched alkanes of at least 4 members (excludes halogenated alkanes) is 3. The first-order chi connectivity index (χ1) is 8.81. The summed E-state index contributed by atoms with van der Waals surface area (Å²) < 4.78 is 35.4. The molecule has 0 rings (SSSR count). The number of rotatable bonds is 10. The van der Waals surface area contributed by atoms with Gasteiger partial charge in [-0.1, -0.05) is 39.5 Å². The van der Waals surface area contributed by atoms with Crippen LogP contribution >= 0.6 is 0 Å². The van der Waals surface area contributed by atoms with Gasteiger partial charge in [-0.15, -0.1) is 0 Å². The van der Waals surface area contributed by atoms with E-state index in [1.54, 1.807) is 0 Å². The van der Waals surface area contributed by atoms with Crippen molar-refractivity contribution in [3.63, 3.8) is 0 Å². The highest BCUT2D eigenvalue weighted by Crippen LogP contribution is 2.11. The molecule has 0 aliphatic carbocycles. The fraction of sp³-hybridized carbons (Fsp3) is 0.923. The second-order valence-electron chi connectivity index (χ2n) is 5.17. The third-order valence-electron chi connectivity index (χ3n) is 2.64. The van der Waals surface area contributed by atoms with E-state index in [1.807, 2.05) is 0 Å². The van der Waals surface area contributed by atoms with Gasteiger partial charge in [-0.3, -0.25) is 4.79 Å². The lowest BCUT2D eigenvalue weighted by Crippen LogP contribution is -2.38. The van der Waals surface area contributed by atoms with E-state index in [0.29, 0.717) is 6.54 Å². The van der Waals surface area contributed by atoms with Crippen LogP contribution in [0.25, 0.3) is 0 Å². The monoisotopic (exact) mass is 282 g/mol. The first-order valence-electron chi connectivity index (χ1n) is 6.85. The molecule has 0 bridgehead atoms. The van der Waals surface area contributed by atoms with Gasteiger partial charge in [-0.05, 0) is 12.3 Å². The van der Waals surface area contributed by atoms with Gasteiger partial charge in [0.1, 0.15) is 0 Å². The van der Waals surface area contributed by atoms with Crippen molar-refractivity contribution in [1.82, 2.24) is 10.6 Å². The molecule has 0 aromatic carbocycles. The molecule has 0 saturated carbocycles. The minimum Gasteiger partial charge on any atom is -0.355 e. The van der Waals surface area contributed by atoms with Crippen LogP contribution in [0.15, 0.2) is 0 Å². The molecule has 0 aromatic rings. The van der Waals surface area contributed by atoms with Crippen LogP contribution in [0.4, 0.5) is 13.2 Å². The molecule has 114 valence electrons. The lowest BCUT2D eigenvalue weighted by Gasteiger charge is -2.09. The molecule has 6 heteroatoms. The number of amides is 1. The van der Waals surface area contributed by atoms with E-state index in [0.717, 1.165) is 25.2 Å². The van der Waals surface area contributed by atoms with Crippen LogP contribution in [-0.2, 0) is 4.79 Å². The van der Waals surface area contributed by atoms with Crippen LogP contribution < -0.4 is 10.6 Å². The maximum absolute atomic E-state index is 11.8. The molecular weight excluding hydrogens is 257 g/mol. The van der Waals surface area contributed by atoms with Crippen LogP contribution in [0.3, 0.4) is 0 Å². The van der Waals surface area contributed by atoms with Gasteiger partial charge in [0.15, 0.2) is 0 Å². The smallest absolute Gasteiger partial charge is 0.355 e. The number of nitrogens with one attached hydrogen (secondary N) is 2. The summed E-state index contributed by atoms with van der Waals surface area (Å²) in [5.41, 5.74) is 0. The van der Waals surface area contributed by atoms with Crippen molar-refractivity contribution in [3.8, 4) is 0 Å². The molecule has 3 nitrogen and oxygen atoms in total. The average molecular weight is 282 g/mol. The lowest BCUT2D eigenvalue weighted by molar-refractivity contribution is -0.128. The summed E-state index contributed by atoms with van der Waals surface area (Å²) in [4.78, 5) is 11.2. The molecular formula is C13H25F3N2O. The summed E-state index contributed by atoms with van der Waals surface area (Å²) in [7, 11) is 0. The molecule has 19 heavy (non-hydrogen) atoms. The van der Waals surface area contributed by atoms with Crippen molar-refractivity contribution in [2.45, 2.75) is 52.1 Å². The molecule has 2 N–H and O–H groups in total. The molecule has 0 aliphatic rings. The van der Waals surface area contributed by atoms with Gasteiger partial charge < -0.3 is 10.6 Å². The minimum absolute atomic E-state index is 0.285. The first kappa shape index (κ1) is 18.2. The molecule has 0 aliphatic heterocycles. The fourth-order valence-corrected chi connectivity index (χ4v) is 1.64. The number of carbonyl (C=O) groups excluding carboxylic acids is 1. The average Bonchev–Trinajstić information content (AvgIpc) is 2.25. The van der Waals surface area contributed by atoms with Crippen molar-refractivity contribution in [2.75, 3.05) is 19.6 Å². The summed E-state index contributed by atoms with van der Waals surface area (Å²) in [5, 5.41) is 4.66. The predicted octanol–water partition coefficient (Wildman–Crippen LogP) is 2.86. The summed E-state index contributed by atoms with van der Waals surface area (Å²) in [6, 6.07) is 0. The third kappa shape index (κ3) is 15.2. The highest BCUT2D eigenvalue weighted by Gasteiger charge is 2.26. The Balaban J connectivity index is 3.30. The van der Waals surface area contributed by atoms with E-state index in [9.17, 15) is 18.0 Å². The molecule has 0 fully saturated rings. The zero-order chi connectivity index (χ0) is 14.7. The normalized spacial score (nSPS) is 11.9. The number of carbonyl (C=O) groups is 1. The number of hydrogen-bond donors (Lipinski definition) is 2. The zero-order valence-electron chi connectivity index (χ0n) is 11.8. The Hall–Kier alpha value is -0.780. The summed E-state index contributed by atoms with van der Waals surface area (Å²) >= 11 is 0. The molecule has 0 unspecified atom stereocenters. The second kappa shape index (κ2) is 10.1. The standard InChI is InChI=1S/C13H25F3N2O/c1-11(2)7-5-3-4-6-8-18-12(19)9-17-10-13(14,15)16/h11,17H,3-10H2,1-2H3,(H,18,19). The first-order valence-corrected chi connectivity index (χ1v) is 6.85. The van der Waals surface area contributed by atoms with Gasteiger partial charge in [-0.2, -0.15) is 13.2 Å². The molecule has 1 amide bonds. The predicted molar refractivity (Wildman–Crippen MR) is 69.9 cm³/mol. The van der Waals surface area contributed by atoms with E-state index >= 15 is 0 Å². The minimum atomic E-state index is -4.27. The van der Waals surface area contributed by atoms with Gasteiger partial charge in [-0.25, -0.2) is 0 Å². The quantitative estimate of drug-likeness (QED) is 0.605.